The fraction of sp³-hybridized carbons (Fsp3) is 0.0769. The minimum atomic E-state index is -0.152. The molecule has 0 aliphatic heterocycles. The molecule has 2 unspecified atom stereocenters. The average molecular weight is 250 g/mol. The molecule has 16 heavy (non-hydrogen) atoms. The highest BCUT2D eigenvalue weighted by molar-refractivity contribution is 8.06. The second-order valence-electron chi connectivity index (χ2n) is 3.70. The van der Waals surface area contributed by atoms with E-state index in [0.29, 0.717) is 13.8 Å². The first-order valence-corrected chi connectivity index (χ1v) is 7.85. The van der Waals surface area contributed by atoms with Crippen molar-refractivity contribution >= 4 is 22.5 Å². The minimum absolute atomic E-state index is 0.152. The van der Waals surface area contributed by atoms with Crippen LogP contribution in [-0.4, -0.2) is 0 Å². The molecule has 0 heterocycles. The molecule has 0 saturated heterocycles. The number of hydrogen-bond acceptors (Lipinski definition) is 0. The predicted octanol–water partition coefficient (Wildman–Crippen LogP) is 3.90. The van der Waals surface area contributed by atoms with E-state index in [1.807, 2.05) is 43.3 Å². The number of halogens is 1. The van der Waals surface area contributed by atoms with Crippen molar-refractivity contribution in [1.82, 2.24) is 0 Å². The largest absolute Gasteiger partial charge is 0.206 e. The summed E-state index contributed by atoms with van der Waals surface area (Å²) in [6.45, 7) is 1.89. The zero-order chi connectivity index (χ0) is 11.5. The molecule has 2 aromatic rings. The summed E-state index contributed by atoms with van der Waals surface area (Å²) in [6, 6.07) is 13.4. The molecule has 0 N–H and O–H groups in total. The van der Waals surface area contributed by atoms with Crippen LogP contribution in [0.2, 0.25) is 0 Å². The molecular weight excluding hydrogens is 237 g/mol. The number of rotatable bonds is 2. The van der Waals surface area contributed by atoms with E-state index in [1.54, 1.807) is 6.07 Å². The summed E-state index contributed by atoms with van der Waals surface area (Å²) < 4.78 is 13.7. The Morgan fingerprint density at radius 1 is 1.06 bits per heavy atom. The molecule has 0 nitrogen and oxygen atoms in total. The molecule has 82 valence electrons. The van der Waals surface area contributed by atoms with Gasteiger partial charge in [-0.1, -0.05) is 44.7 Å². The van der Waals surface area contributed by atoms with Crippen molar-refractivity contribution in [3.63, 3.8) is 0 Å². The van der Waals surface area contributed by atoms with Crippen LogP contribution in [-0.2, 0) is 0 Å². The Labute approximate surface area is 99.2 Å². The van der Waals surface area contributed by atoms with Gasteiger partial charge in [0.05, 0.1) is 0 Å². The van der Waals surface area contributed by atoms with Gasteiger partial charge >= 0.3 is 0 Å². The van der Waals surface area contributed by atoms with Gasteiger partial charge in [0.25, 0.3) is 0 Å². The molecule has 3 heteroatoms. The lowest BCUT2D eigenvalue weighted by atomic mass is 10.0. The van der Waals surface area contributed by atoms with Gasteiger partial charge in [0, 0.05) is 5.56 Å². The lowest BCUT2D eigenvalue weighted by molar-refractivity contribution is 0.630. The topological polar surface area (TPSA) is 0 Å². The fourth-order valence-electron chi connectivity index (χ4n) is 1.60. The first-order valence-electron chi connectivity index (χ1n) is 5.04. The molecule has 2 rings (SSSR count). The third-order valence-electron chi connectivity index (χ3n) is 2.49. The van der Waals surface area contributed by atoms with E-state index in [4.69, 9.17) is 0 Å². The summed E-state index contributed by atoms with van der Waals surface area (Å²) in [5.41, 5.74) is 2.55. The van der Waals surface area contributed by atoms with Crippen LogP contribution in [0, 0.1) is 12.7 Å². The SMILES string of the molecule is Cc1ccc(-c2ccc(PP)cc2)c(F)c1. The van der Waals surface area contributed by atoms with Gasteiger partial charge in [-0.05, 0) is 29.4 Å². The zero-order valence-electron chi connectivity index (χ0n) is 9.00. The van der Waals surface area contributed by atoms with E-state index >= 15 is 0 Å². The highest BCUT2D eigenvalue weighted by atomic mass is 32.0. The second kappa shape index (κ2) is 5.04. The van der Waals surface area contributed by atoms with Crippen molar-refractivity contribution in [3.05, 3.63) is 53.8 Å². The van der Waals surface area contributed by atoms with E-state index < -0.39 is 0 Å². The first kappa shape index (κ1) is 11.7. The lowest BCUT2D eigenvalue weighted by Crippen LogP contribution is -1.91. The third kappa shape index (κ3) is 2.48. The van der Waals surface area contributed by atoms with Gasteiger partial charge < -0.3 is 0 Å². The summed E-state index contributed by atoms with van der Waals surface area (Å²) in [5.74, 6) is -0.152. The van der Waals surface area contributed by atoms with Gasteiger partial charge in [-0.25, -0.2) is 4.39 Å². The van der Waals surface area contributed by atoms with Crippen molar-refractivity contribution in [1.29, 1.82) is 0 Å². The van der Waals surface area contributed by atoms with Crippen LogP contribution in [0.25, 0.3) is 11.1 Å². The quantitative estimate of drug-likeness (QED) is 0.709. The number of benzene rings is 2. The van der Waals surface area contributed by atoms with Crippen LogP contribution in [0.5, 0.6) is 0 Å². The number of hydrogen-bond donors (Lipinski definition) is 0. The van der Waals surface area contributed by atoms with Crippen molar-refractivity contribution in [3.8, 4) is 11.1 Å². The van der Waals surface area contributed by atoms with Gasteiger partial charge in [0.1, 0.15) is 5.82 Å². The zero-order valence-corrected chi connectivity index (χ0v) is 11.2. The first-order chi connectivity index (χ1) is 7.70. The fourth-order valence-corrected chi connectivity index (χ4v) is 2.54. The van der Waals surface area contributed by atoms with Gasteiger partial charge in [-0.15, -0.1) is 8.93 Å². The maximum Gasteiger partial charge on any atom is 0.131 e. The van der Waals surface area contributed by atoms with Crippen LogP contribution in [0.4, 0.5) is 4.39 Å². The van der Waals surface area contributed by atoms with Crippen LogP contribution >= 0.6 is 17.2 Å². The second-order valence-corrected chi connectivity index (χ2v) is 5.44. The Balaban J connectivity index is 2.42. The molecule has 0 amide bonds. The molecule has 0 aliphatic carbocycles. The maximum atomic E-state index is 13.7. The van der Waals surface area contributed by atoms with E-state index in [1.165, 1.54) is 5.30 Å². The molecule has 2 aromatic carbocycles. The summed E-state index contributed by atoms with van der Waals surface area (Å²) in [6.07, 6.45) is 0. The Bertz CT molecular complexity index is 492. The van der Waals surface area contributed by atoms with Crippen LogP contribution < -0.4 is 5.30 Å². The summed E-state index contributed by atoms with van der Waals surface area (Å²) in [5, 5.41) is 1.27. The van der Waals surface area contributed by atoms with Crippen molar-refractivity contribution in [2.45, 2.75) is 6.92 Å². The average Bonchev–Trinajstić information content (AvgIpc) is 2.29. The molecule has 0 spiro atoms. The lowest BCUT2D eigenvalue weighted by Gasteiger charge is -2.05. The third-order valence-corrected chi connectivity index (χ3v) is 4.15. The Kier molecular flexibility index (Phi) is 3.69. The number of aryl methyl sites for hydroxylation is 1. The van der Waals surface area contributed by atoms with Gasteiger partial charge in [-0.3, -0.25) is 0 Å². The summed E-state index contributed by atoms with van der Waals surface area (Å²) >= 11 is 0. The van der Waals surface area contributed by atoms with Gasteiger partial charge in [0.2, 0.25) is 0 Å². The van der Waals surface area contributed by atoms with E-state index in [9.17, 15) is 4.39 Å². The Morgan fingerprint density at radius 3 is 2.31 bits per heavy atom. The molecule has 0 saturated carbocycles. The van der Waals surface area contributed by atoms with Crippen LogP contribution in [0.1, 0.15) is 5.56 Å². The van der Waals surface area contributed by atoms with E-state index in [2.05, 4.69) is 8.93 Å². The smallest absolute Gasteiger partial charge is 0.131 e. The van der Waals surface area contributed by atoms with Crippen molar-refractivity contribution in [2.75, 3.05) is 0 Å². The molecule has 0 fully saturated rings. The molecule has 0 radical (unpaired) electrons. The standard InChI is InChI=1S/C13H13FP2/c1-9-2-7-12(13(14)8-9)10-3-5-11(16-15)6-4-10/h2-8,16H,15H2,1H3. The maximum absolute atomic E-state index is 13.7. The van der Waals surface area contributed by atoms with Gasteiger partial charge in [0.15, 0.2) is 0 Å². The molecule has 0 bridgehead atoms. The molecule has 0 aromatic heterocycles. The highest BCUT2D eigenvalue weighted by Crippen LogP contribution is 2.25. The van der Waals surface area contributed by atoms with E-state index in [0.717, 1.165) is 11.1 Å². The molecule has 2 atom stereocenters. The Morgan fingerprint density at radius 2 is 1.75 bits per heavy atom. The highest BCUT2D eigenvalue weighted by Gasteiger charge is 2.04. The summed E-state index contributed by atoms with van der Waals surface area (Å²) in [7, 11) is 3.41. The van der Waals surface area contributed by atoms with Crippen molar-refractivity contribution in [2.24, 2.45) is 0 Å². The van der Waals surface area contributed by atoms with Crippen LogP contribution in [0.15, 0.2) is 42.5 Å². The predicted molar refractivity (Wildman–Crippen MR) is 74.2 cm³/mol. The van der Waals surface area contributed by atoms with Gasteiger partial charge in [-0.2, -0.15) is 0 Å². The minimum Gasteiger partial charge on any atom is -0.206 e. The van der Waals surface area contributed by atoms with E-state index in [-0.39, 0.29) is 5.82 Å². The monoisotopic (exact) mass is 250 g/mol. The van der Waals surface area contributed by atoms with Crippen molar-refractivity contribution < 1.29 is 4.39 Å². The Hall–Kier alpha value is -0.770. The summed E-state index contributed by atoms with van der Waals surface area (Å²) in [4.78, 5) is 0. The molecule has 0 aliphatic rings. The molecular formula is C13H13FP2. The normalized spacial score (nSPS) is 11.2. The van der Waals surface area contributed by atoms with Crippen LogP contribution in [0.3, 0.4) is 0 Å².